The van der Waals surface area contributed by atoms with Crippen molar-refractivity contribution in [3.63, 3.8) is 0 Å². The van der Waals surface area contributed by atoms with Gasteiger partial charge in [0.1, 0.15) is 0 Å². The van der Waals surface area contributed by atoms with Crippen molar-refractivity contribution in [2.24, 2.45) is 0 Å². The first-order valence-corrected chi connectivity index (χ1v) is 13.9. The fourth-order valence-electron chi connectivity index (χ4n) is 8.51. The largest absolute Gasteiger partial charge is 0.0648 e. The second-order valence-corrected chi connectivity index (χ2v) is 11.3. The van der Waals surface area contributed by atoms with Gasteiger partial charge in [0.25, 0.3) is 0 Å². The molecule has 3 aliphatic carbocycles. The Kier molecular flexibility index (Phi) is 3.95. The van der Waals surface area contributed by atoms with E-state index >= 15 is 0 Å². The van der Waals surface area contributed by atoms with E-state index in [9.17, 15) is 0 Å². The summed E-state index contributed by atoms with van der Waals surface area (Å²) in [6.45, 7) is 2.24. The molecule has 0 saturated heterocycles. The second-order valence-electron chi connectivity index (χ2n) is 11.3. The molecule has 0 aromatic heterocycles. The lowest BCUT2D eigenvalue weighted by molar-refractivity contribution is 0.405. The average molecular weight is 495 g/mol. The second kappa shape index (κ2) is 7.24. The predicted octanol–water partition coefficient (Wildman–Crippen LogP) is 9.31. The van der Waals surface area contributed by atoms with Crippen LogP contribution in [0.3, 0.4) is 0 Å². The highest BCUT2D eigenvalue weighted by Crippen LogP contribution is 2.72. The van der Waals surface area contributed by atoms with Crippen LogP contribution in [0, 0.1) is 6.92 Å². The zero-order valence-corrected chi connectivity index (χ0v) is 21.8. The molecule has 6 aromatic rings. The third-order valence-electron chi connectivity index (χ3n) is 9.67. The Morgan fingerprint density at radius 3 is 0.949 bits per heavy atom. The molecule has 0 nitrogen and oxygen atoms in total. The SMILES string of the molecule is Cc1ccc2c(c1)C13c4ccccc4-c4ccccc4C1(c1ccccc1-c1ccccc13)c1ccccc1-2. The standard InChI is InChI=1S/C39H26/c1-25-22-23-31-30-16-6-9-19-34(30)38-32-17-7-2-12-26(32)28-14-4-10-20-35(28)39(38,37(31)24-25)36-21-11-5-15-29(36)27-13-3-8-18-33(27)38/h2-24H,1H3. The van der Waals surface area contributed by atoms with Gasteiger partial charge in [-0.15, -0.1) is 0 Å². The number of rotatable bonds is 0. The van der Waals surface area contributed by atoms with Crippen molar-refractivity contribution in [1.82, 2.24) is 0 Å². The Morgan fingerprint density at radius 2 is 0.590 bits per heavy atom. The Morgan fingerprint density at radius 1 is 0.308 bits per heavy atom. The van der Waals surface area contributed by atoms with Crippen molar-refractivity contribution in [1.29, 1.82) is 0 Å². The maximum atomic E-state index is 2.48. The minimum absolute atomic E-state index is 0.430. The molecule has 0 aliphatic heterocycles. The van der Waals surface area contributed by atoms with Crippen LogP contribution >= 0.6 is 0 Å². The van der Waals surface area contributed by atoms with Crippen LogP contribution in [-0.4, -0.2) is 0 Å². The molecule has 0 spiro atoms. The Labute approximate surface area is 229 Å². The van der Waals surface area contributed by atoms with E-state index in [0.29, 0.717) is 0 Å². The first kappa shape index (κ1) is 21.3. The average Bonchev–Trinajstić information content (AvgIpc) is 3.01. The van der Waals surface area contributed by atoms with Gasteiger partial charge < -0.3 is 0 Å². The maximum absolute atomic E-state index is 2.48. The fourth-order valence-corrected chi connectivity index (χ4v) is 8.51. The summed E-state index contributed by atoms with van der Waals surface area (Å²) in [5, 5.41) is 0. The molecule has 182 valence electrons. The van der Waals surface area contributed by atoms with Crippen molar-refractivity contribution in [2.75, 3.05) is 0 Å². The number of fused-ring (bicyclic) bond motifs is 9. The Bertz CT molecular complexity index is 1900. The molecular weight excluding hydrogens is 468 g/mol. The van der Waals surface area contributed by atoms with Crippen LogP contribution in [0.25, 0.3) is 33.4 Å². The molecule has 9 rings (SSSR count). The molecule has 0 amide bonds. The monoisotopic (exact) mass is 494 g/mol. The quantitative estimate of drug-likeness (QED) is 0.197. The zero-order chi connectivity index (χ0) is 25.8. The van der Waals surface area contributed by atoms with Crippen LogP contribution in [0.5, 0.6) is 0 Å². The molecule has 0 bridgehead atoms. The summed E-state index contributed by atoms with van der Waals surface area (Å²) < 4.78 is 0. The third kappa shape index (κ3) is 2.26. The number of hydrogen-bond acceptors (Lipinski definition) is 0. The minimum atomic E-state index is -0.432. The topological polar surface area (TPSA) is 0 Å². The van der Waals surface area contributed by atoms with Gasteiger partial charge in [-0.25, -0.2) is 0 Å². The molecule has 0 radical (unpaired) electrons. The highest BCUT2D eigenvalue weighted by atomic mass is 14.7. The first-order chi connectivity index (χ1) is 19.3. The molecule has 0 heterocycles. The van der Waals surface area contributed by atoms with Crippen LogP contribution in [0.4, 0.5) is 0 Å². The highest BCUT2D eigenvalue weighted by molar-refractivity contribution is 5.98. The summed E-state index contributed by atoms with van der Waals surface area (Å²) in [4.78, 5) is 0. The summed E-state index contributed by atoms with van der Waals surface area (Å²) >= 11 is 0. The van der Waals surface area contributed by atoms with Crippen LogP contribution in [0.1, 0.15) is 38.9 Å². The van der Waals surface area contributed by atoms with Crippen molar-refractivity contribution in [3.8, 4) is 33.4 Å². The van der Waals surface area contributed by atoms with Crippen molar-refractivity contribution < 1.29 is 0 Å². The van der Waals surface area contributed by atoms with Crippen molar-refractivity contribution >= 4 is 0 Å². The number of benzene rings is 6. The van der Waals surface area contributed by atoms with Crippen molar-refractivity contribution in [3.05, 3.63) is 178 Å². The summed E-state index contributed by atoms with van der Waals surface area (Å²) in [7, 11) is 0. The van der Waals surface area contributed by atoms with Gasteiger partial charge in [0.2, 0.25) is 0 Å². The fraction of sp³-hybridized carbons (Fsp3) is 0.0769. The van der Waals surface area contributed by atoms with Gasteiger partial charge in [-0.05, 0) is 73.7 Å². The van der Waals surface area contributed by atoms with E-state index in [2.05, 4.69) is 146 Å². The lowest BCUT2D eigenvalue weighted by Gasteiger charge is -2.62. The first-order valence-electron chi connectivity index (χ1n) is 13.9. The molecule has 0 atom stereocenters. The van der Waals surface area contributed by atoms with Crippen LogP contribution in [0.15, 0.2) is 140 Å². The van der Waals surface area contributed by atoms with Gasteiger partial charge in [-0.3, -0.25) is 0 Å². The van der Waals surface area contributed by atoms with Crippen LogP contribution < -0.4 is 0 Å². The maximum Gasteiger partial charge on any atom is 0.0648 e. The van der Waals surface area contributed by atoms with Gasteiger partial charge >= 0.3 is 0 Å². The molecule has 0 heteroatoms. The Balaban J connectivity index is 1.67. The molecule has 0 saturated carbocycles. The summed E-state index contributed by atoms with van der Waals surface area (Å²) in [6, 6.07) is 53.1. The van der Waals surface area contributed by atoms with E-state index in [0.717, 1.165) is 0 Å². The summed E-state index contributed by atoms with van der Waals surface area (Å²) in [6.07, 6.45) is 0. The predicted molar refractivity (Wildman–Crippen MR) is 160 cm³/mol. The lowest BCUT2D eigenvalue weighted by Crippen LogP contribution is -2.58. The summed E-state index contributed by atoms with van der Waals surface area (Å²) in [5.74, 6) is 0. The van der Waals surface area contributed by atoms with Gasteiger partial charge in [0, 0.05) is 0 Å². The van der Waals surface area contributed by atoms with E-state index in [1.807, 2.05) is 0 Å². The van der Waals surface area contributed by atoms with Gasteiger partial charge in [-0.1, -0.05) is 145 Å². The van der Waals surface area contributed by atoms with Crippen molar-refractivity contribution in [2.45, 2.75) is 17.8 Å². The molecule has 0 N–H and O–H groups in total. The van der Waals surface area contributed by atoms with Gasteiger partial charge in [-0.2, -0.15) is 0 Å². The minimum Gasteiger partial charge on any atom is -0.0619 e. The van der Waals surface area contributed by atoms with E-state index < -0.39 is 10.8 Å². The van der Waals surface area contributed by atoms with E-state index in [1.165, 1.54) is 72.3 Å². The molecule has 39 heavy (non-hydrogen) atoms. The van der Waals surface area contributed by atoms with Gasteiger partial charge in [0.15, 0.2) is 0 Å². The lowest BCUT2D eigenvalue weighted by atomic mass is 9.38. The molecular formula is C39H26. The molecule has 3 aliphatic rings. The van der Waals surface area contributed by atoms with E-state index in [1.54, 1.807) is 0 Å². The van der Waals surface area contributed by atoms with Gasteiger partial charge in [0.05, 0.1) is 10.8 Å². The van der Waals surface area contributed by atoms with E-state index in [-0.39, 0.29) is 0 Å². The Hall–Kier alpha value is -4.68. The summed E-state index contributed by atoms with van der Waals surface area (Å²) in [5.41, 5.74) is 16.8. The number of hydrogen-bond donors (Lipinski definition) is 0. The van der Waals surface area contributed by atoms with Crippen LogP contribution in [0.2, 0.25) is 0 Å². The van der Waals surface area contributed by atoms with Crippen LogP contribution in [-0.2, 0) is 10.8 Å². The highest BCUT2D eigenvalue weighted by Gasteiger charge is 2.66. The zero-order valence-electron chi connectivity index (χ0n) is 21.8. The third-order valence-corrected chi connectivity index (χ3v) is 9.67. The molecule has 0 fully saturated rings. The normalized spacial score (nSPS) is 20.6. The number of aryl methyl sites for hydroxylation is 1. The molecule has 0 unspecified atom stereocenters. The smallest absolute Gasteiger partial charge is 0.0619 e. The molecule has 6 aromatic carbocycles. The van der Waals surface area contributed by atoms with E-state index in [4.69, 9.17) is 0 Å².